The molecular weight excluding hydrogens is 286 g/mol. The average molecular weight is 298 g/mol. The van der Waals surface area contributed by atoms with Crippen LogP contribution in [0.5, 0.6) is 0 Å². The van der Waals surface area contributed by atoms with E-state index >= 15 is 0 Å². The fourth-order valence-electron chi connectivity index (χ4n) is 1.48. The smallest absolute Gasteiger partial charge is 0.176 e. The van der Waals surface area contributed by atoms with Crippen molar-refractivity contribution < 1.29 is 0 Å². The van der Waals surface area contributed by atoms with Crippen molar-refractivity contribution in [1.29, 1.82) is 0 Å². The number of aryl methyl sites for hydroxylation is 1. The van der Waals surface area contributed by atoms with Gasteiger partial charge in [0, 0.05) is 17.1 Å². The van der Waals surface area contributed by atoms with Crippen molar-refractivity contribution in [3.8, 4) is 0 Å². The van der Waals surface area contributed by atoms with E-state index in [2.05, 4.69) is 41.8 Å². The molecule has 0 saturated heterocycles. The molecule has 8 heteroatoms. The number of rotatable bonds is 4. The molecule has 2 aromatic rings. The number of nitrogens with zero attached hydrogens (tertiary/aromatic N) is 5. The van der Waals surface area contributed by atoms with Crippen molar-refractivity contribution in [3.63, 3.8) is 0 Å². The SMILES string of the molecule is Cn1nnc(CC(NN)c2ncccc2Br)n1. The molecule has 7 nitrogen and oxygen atoms in total. The molecule has 0 aromatic carbocycles. The van der Waals surface area contributed by atoms with Crippen LogP contribution in [-0.4, -0.2) is 25.2 Å². The molecule has 17 heavy (non-hydrogen) atoms. The fraction of sp³-hybridized carbons (Fsp3) is 0.333. The molecule has 90 valence electrons. The lowest BCUT2D eigenvalue weighted by Crippen LogP contribution is -2.30. The zero-order chi connectivity index (χ0) is 12.3. The maximum atomic E-state index is 5.53. The highest BCUT2D eigenvalue weighted by molar-refractivity contribution is 9.10. The molecule has 0 bridgehead atoms. The lowest BCUT2D eigenvalue weighted by molar-refractivity contribution is 0.522. The molecule has 2 rings (SSSR count). The van der Waals surface area contributed by atoms with E-state index in [0.29, 0.717) is 12.2 Å². The van der Waals surface area contributed by atoms with E-state index in [-0.39, 0.29) is 6.04 Å². The summed E-state index contributed by atoms with van der Waals surface area (Å²) in [6.07, 6.45) is 2.24. The molecule has 0 aliphatic heterocycles. The van der Waals surface area contributed by atoms with Crippen LogP contribution in [0.3, 0.4) is 0 Å². The van der Waals surface area contributed by atoms with E-state index in [0.717, 1.165) is 10.2 Å². The molecular formula is C9H12BrN7. The third-order valence-electron chi connectivity index (χ3n) is 2.25. The zero-order valence-corrected chi connectivity index (χ0v) is 10.8. The summed E-state index contributed by atoms with van der Waals surface area (Å²) in [6.45, 7) is 0. The van der Waals surface area contributed by atoms with Gasteiger partial charge in [-0.25, -0.2) is 0 Å². The molecule has 0 saturated carbocycles. The van der Waals surface area contributed by atoms with E-state index in [1.54, 1.807) is 13.2 Å². The zero-order valence-electron chi connectivity index (χ0n) is 9.21. The van der Waals surface area contributed by atoms with Gasteiger partial charge >= 0.3 is 0 Å². The van der Waals surface area contributed by atoms with Crippen LogP contribution < -0.4 is 11.3 Å². The van der Waals surface area contributed by atoms with Crippen molar-refractivity contribution in [2.75, 3.05) is 0 Å². The number of nitrogens with one attached hydrogen (secondary N) is 1. The third kappa shape index (κ3) is 2.84. The molecule has 0 spiro atoms. The summed E-state index contributed by atoms with van der Waals surface area (Å²) in [4.78, 5) is 5.69. The minimum absolute atomic E-state index is 0.158. The maximum Gasteiger partial charge on any atom is 0.176 e. The standard InChI is InChI=1S/C9H12BrN7/c1-17-15-8(14-16-17)5-7(13-11)9-6(10)3-2-4-12-9/h2-4,7,13H,5,11H2,1H3. The van der Waals surface area contributed by atoms with Gasteiger partial charge in [0.05, 0.1) is 18.8 Å². The van der Waals surface area contributed by atoms with E-state index in [9.17, 15) is 0 Å². The number of nitrogens with two attached hydrogens (primary N) is 1. The molecule has 1 atom stereocenters. The molecule has 0 radical (unpaired) electrons. The Morgan fingerprint density at radius 3 is 3.00 bits per heavy atom. The lowest BCUT2D eigenvalue weighted by Gasteiger charge is -2.14. The maximum absolute atomic E-state index is 5.53. The minimum Gasteiger partial charge on any atom is -0.271 e. The highest BCUT2D eigenvalue weighted by atomic mass is 79.9. The Bertz CT molecular complexity index is 498. The van der Waals surface area contributed by atoms with Gasteiger partial charge < -0.3 is 0 Å². The van der Waals surface area contributed by atoms with E-state index < -0.39 is 0 Å². The second-order valence-corrected chi connectivity index (χ2v) is 4.34. The number of aromatic nitrogens is 5. The van der Waals surface area contributed by atoms with Gasteiger partial charge in [-0.2, -0.15) is 4.80 Å². The summed E-state index contributed by atoms with van der Waals surface area (Å²) in [5.41, 5.74) is 3.53. The number of halogens is 1. The predicted octanol–water partition coefficient (Wildman–Crippen LogP) is 0.115. The Balaban J connectivity index is 2.20. The van der Waals surface area contributed by atoms with Gasteiger partial charge in [-0.3, -0.25) is 16.3 Å². The first-order valence-electron chi connectivity index (χ1n) is 5.00. The Morgan fingerprint density at radius 2 is 2.41 bits per heavy atom. The summed E-state index contributed by atoms with van der Waals surface area (Å²) < 4.78 is 0.895. The van der Waals surface area contributed by atoms with Gasteiger partial charge in [0.25, 0.3) is 0 Å². The number of hydrogen-bond donors (Lipinski definition) is 2. The first-order chi connectivity index (χ1) is 8.20. The molecule has 1 unspecified atom stereocenters. The van der Waals surface area contributed by atoms with Crippen molar-refractivity contribution in [3.05, 3.63) is 34.3 Å². The molecule has 3 N–H and O–H groups in total. The first-order valence-corrected chi connectivity index (χ1v) is 5.79. The minimum atomic E-state index is -0.158. The van der Waals surface area contributed by atoms with Crippen LogP contribution in [0.4, 0.5) is 0 Å². The van der Waals surface area contributed by atoms with Crippen LogP contribution in [0.25, 0.3) is 0 Å². The number of tetrazole rings is 1. The lowest BCUT2D eigenvalue weighted by atomic mass is 10.1. The largest absolute Gasteiger partial charge is 0.271 e. The van der Waals surface area contributed by atoms with Crippen LogP contribution in [0.2, 0.25) is 0 Å². The number of hydrogen-bond acceptors (Lipinski definition) is 6. The van der Waals surface area contributed by atoms with Crippen molar-refractivity contribution in [2.45, 2.75) is 12.5 Å². The highest BCUT2D eigenvalue weighted by Crippen LogP contribution is 2.22. The first kappa shape index (κ1) is 12.1. The van der Waals surface area contributed by atoms with Crippen molar-refractivity contribution in [1.82, 2.24) is 30.6 Å². The van der Waals surface area contributed by atoms with Gasteiger partial charge in [0.15, 0.2) is 5.82 Å². The van der Waals surface area contributed by atoms with Crippen LogP contribution >= 0.6 is 15.9 Å². The molecule has 0 aliphatic carbocycles. The van der Waals surface area contributed by atoms with Gasteiger partial charge in [0.1, 0.15) is 0 Å². The number of hydrazine groups is 1. The molecule has 0 fully saturated rings. The summed E-state index contributed by atoms with van der Waals surface area (Å²) in [6, 6.07) is 3.60. The highest BCUT2D eigenvalue weighted by Gasteiger charge is 2.17. The topological polar surface area (TPSA) is 94.5 Å². The summed E-state index contributed by atoms with van der Waals surface area (Å²) in [7, 11) is 1.72. The normalized spacial score (nSPS) is 12.6. The third-order valence-corrected chi connectivity index (χ3v) is 2.93. The van der Waals surface area contributed by atoms with E-state index in [1.165, 1.54) is 4.80 Å². The van der Waals surface area contributed by atoms with E-state index in [1.807, 2.05) is 12.1 Å². The summed E-state index contributed by atoms with van der Waals surface area (Å²) in [5.74, 6) is 6.15. The van der Waals surface area contributed by atoms with Crippen LogP contribution in [0.1, 0.15) is 17.6 Å². The monoisotopic (exact) mass is 297 g/mol. The van der Waals surface area contributed by atoms with Crippen LogP contribution in [0, 0.1) is 0 Å². The number of pyridine rings is 1. The summed E-state index contributed by atoms with van der Waals surface area (Å²) >= 11 is 3.44. The Kier molecular flexibility index (Phi) is 3.77. The second-order valence-electron chi connectivity index (χ2n) is 3.49. The Labute approximate surface area is 107 Å². The van der Waals surface area contributed by atoms with Crippen molar-refractivity contribution >= 4 is 15.9 Å². The van der Waals surface area contributed by atoms with E-state index in [4.69, 9.17) is 5.84 Å². The van der Waals surface area contributed by atoms with Gasteiger partial charge in [-0.1, -0.05) is 0 Å². The summed E-state index contributed by atoms with van der Waals surface area (Å²) in [5, 5.41) is 11.8. The Hall–Kier alpha value is -1.38. The quantitative estimate of drug-likeness (QED) is 0.615. The predicted molar refractivity (Wildman–Crippen MR) is 64.5 cm³/mol. The molecule has 0 amide bonds. The fourth-order valence-corrected chi connectivity index (χ4v) is 2.01. The van der Waals surface area contributed by atoms with Gasteiger partial charge in [0.2, 0.25) is 0 Å². The van der Waals surface area contributed by atoms with Crippen LogP contribution in [0.15, 0.2) is 22.8 Å². The van der Waals surface area contributed by atoms with Crippen molar-refractivity contribution in [2.24, 2.45) is 12.9 Å². The Morgan fingerprint density at radius 1 is 1.59 bits per heavy atom. The van der Waals surface area contributed by atoms with Gasteiger partial charge in [-0.15, -0.1) is 10.2 Å². The molecule has 0 aliphatic rings. The molecule has 2 heterocycles. The van der Waals surface area contributed by atoms with Gasteiger partial charge in [-0.05, 0) is 33.3 Å². The second kappa shape index (κ2) is 5.30. The average Bonchev–Trinajstić information content (AvgIpc) is 2.73. The van der Waals surface area contributed by atoms with Crippen LogP contribution in [-0.2, 0) is 13.5 Å². The molecule has 2 aromatic heterocycles.